The van der Waals surface area contributed by atoms with Crippen LogP contribution in [0.4, 0.5) is 0 Å². The van der Waals surface area contributed by atoms with Gasteiger partial charge in [0.25, 0.3) is 0 Å². The van der Waals surface area contributed by atoms with Gasteiger partial charge in [0, 0.05) is 0 Å². The van der Waals surface area contributed by atoms with Gasteiger partial charge in [-0.1, -0.05) is 0 Å². The normalized spacial score (nSPS) is 10.0. The Balaban J connectivity index is 2.89. The maximum atomic E-state index is 3.61. The molecule has 0 atom stereocenters. The van der Waals surface area contributed by atoms with E-state index >= 15 is 0 Å². The van der Waals surface area contributed by atoms with Crippen molar-refractivity contribution >= 4 is 11.0 Å². The van der Waals surface area contributed by atoms with E-state index in [2.05, 4.69) is 30.8 Å². The Labute approximate surface area is 55.3 Å². The van der Waals surface area contributed by atoms with Gasteiger partial charge in [-0.3, -0.25) is 0 Å². The fourth-order valence-electron chi connectivity index (χ4n) is 0.597. The Morgan fingerprint density at radius 2 is 1.50 bits per heavy atom. The lowest BCUT2D eigenvalue weighted by atomic mass is 10.4. The zero-order valence-corrected chi connectivity index (χ0v) is 4.84. The van der Waals surface area contributed by atoms with Crippen LogP contribution in [-0.4, -0.2) is 30.8 Å². The Kier molecular flexibility index (Phi) is 0.970. The third kappa shape index (κ3) is 0.661. The second-order valence-corrected chi connectivity index (χ2v) is 1.65. The van der Waals surface area contributed by atoms with Crippen LogP contribution in [0.3, 0.4) is 0 Å². The molecule has 10 heavy (non-hydrogen) atoms. The quantitative estimate of drug-likeness (QED) is 0.469. The van der Waals surface area contributed by atoms with Crippen molar-refractivity contribution in [3.05, 3.63) is 12.4 Å². The third-order valence-corrected chi connectivity index (χ3v) is 1.03. The number of fused-ring (bicyclic) bond motifs is 1. The molecule has 0 aliphatic rings. The maximum Gasteiger partial charge on any atom is 0.210 e. The molecule has 0 aliphatic carbocycles. The van der Waals surface area contributed by atoms with Crippen LogP contribution < -0.4 is 0 Å². The highest BCUT2D eigenvalue weighted by atomic mass is 15.4. The molecule has 0 aliphatic heterocycles. The van der Waals surface area contributed by atoms with Gasteiger partial charge in [-0.25, -0.2) is 0 Å². The van der Waals surface area contributed by atoms with Gasteiger partial charge in [0.2, 0.25) is 5.65 Å². The van der Waals surface area contributed by atoms with Crippen molar-refractivity contribution in [1.29, 1.82) is 0 Å². The molecule has 6 nitrogen and oxygen atoms in total. The Bertz CT molecular complexity index is 281. The van der Waals surface area contributed by atoms with E-state index in [0.717, 1.165) is 5.39 Å². The number of hydrogen-bond donors (Lipinski definition) is 0. The molecular weight excluding hydrogens is 132 g/mol. The van der Waals surface area contributed by atoms with Crippen molar-refractivity contribution in [2.75, 3.05) is 0 Å². The van der Waals surface area contributed by atoms with Gasteiger partial charge in [-0.2, -0.15) is 0 Å². The van der Waals surface area contributed by atoms with Crippen molar-refractivity contribution in [1.82, 2.24) is 30.8 Å². The van der Waals surface area contributed by atoms with Crippen molar-refractivity contribution < 1.29 is 0 Å². The second-order valence-electron chi connectivity index (χ2n) is 1.65. The van der Waals surface area contributed by atoms with Crippen LogP contribution in [0.2, 0.25) is 0 Å². The predicted molar refractivity (Wildman–Crippen MR) is 30.7 cm³/mol. The van der Waals surface area contributed by atoms with E-state index in [4.69, 9.17) is 0 Å². The van der Waals surface area contributed by atoms with E-state index in [1.165, 1.54) is 12.4 Å². The molecule has 0 bridgehead atoms. The Hall–Kier alpha value is -1.72. The lowest BCUT2D eigenvalue weighted by molar-refractivity contribution is 0.832. The lowest BCUT2D eigenvalue weighted by Crippen LogP contribution is -1.93. The van der Waals surface area contributed by atoms with Crippen LogP contribution in [0.1, 0.15) is 0 Å². The highest BCUT2D eigenvalue weighted by Gasteiger charge is 1.93. The van der Waals surface area contributed by atoms with E-state index in [1.807, 2.05) is 0 Å². The topological polar surface area (TPSA) is 77.3 Å². The lowest BCUT2D eigenvalue weighted by Gasteiger charge is -1.86. The Morgan fingerprint density at radius 1 is 0.900 bits per heavy atom. The van der Waals surface area contributed by atoms with Gasteiger partial charge in [-0.15, -0.1) is 20.4 Å². The molecular formula is C4H2N6. The Morgan fingerprint density at radius 3 is 2.00 bits per heavy atom. The summed E-state index contributed by atoms with van der Waals surface area (Å²) in [5.74, 6) is 0. The summed E-state index contributed by atoms with van der Waals surface area (Å²) in [5, 5.41) is 21.8. The molecule has 2 heterocycles. The summed E-state index contributed by atoms with van der Waals surface area (Å²) in [5.41, 5.74) is 0.463. The molecule has 2 rings (SSSR count). The van der Waals surface area contributed by atoms with Crippen LogP contribution in [0, 0.1) is 0 Å². The average molecular weight is 134 g/mol. The summed E-state index contributed by atoms with van der Waals surface area (Å²) < 4.78 is 0. The summed E-state index contributed by atoms with van der Waals surface area (Å²) >= 11 is 0. The first-order valence-electron chi connectivity index (χ1n) is 2.59. The minimum atomic E-state index is 0.463. The van der Waals surface area contributed by atoms with Gasteiger partial charge in [-0.05, 0) is 10.4 Å². The van der Waals surface area contributed by atoms with Gasteiger partial charge < -0.3 is 0 Å². The molecule has 0 amide bonds. The van der Waals surface area contributed by atoms with Crippen molar-refractivity contribution in [2.24, 2.45) is 0 Å². The first-order valence-corrected chi connectivity index (χ1v) is 2.59. The van der Waals surface area contributed by atoms with Gasteiger partial charge in [0.1, 0.15) is 0 Å². The van der Waals surface area contributed by atoms with E-state index in [0.29, 0.717) is 5.65 Å². The molecule has 0 aromatic carbocycles. The van der Waals surface area contributed by atoms with Crippen molar-refractivity contribution in [2.45, 2.75) is 0 Å². The van der Waals surface area contributed by atoms with Crippen LogP contribution in [0.5, 0.6) is 0 Å². The number of rotatable bonds is 0. The molecule has 2 aromatic rings. The third-order valence-electron chi connectivity index (χ3n) is 1.03. The summed E-state index contributed by atoms with van der Waals surface area (Å²) in [6.07, 6.45) is 3.06. The summed E-state index contributed by atoms with van der Waals surface area (Å²) in [6.45, 7) is 0. The van der Waals surface area contributed by atoms with E-state index in [9.17, 15) is 0 Å². The van der Waals surface area contributed by atoms with Crippen LogP contribution in [0.15, 0.2) is 12.4 Å². The number of aromatic nitrogens is 6. The van der Waals surface area contributed by atoms with Gasteiger partial charge in [0.05, 0.1) is 17.8 Å². The molecule has 0 saturated carbocycles. The van der Waals surface area contributed by atoms with Gasteiger partial charge >= 0.3 is 0 Å². The molecule has 0 fully saturated rings. The van der Waals surface area contributed by atoms with Crippen molar-refractivity contribution in [3.63, 3.8) is 0 Å². The van der Waals surface area contributed by atoms with Crippen LogP contribution >= 0.6 is 0 Å². The molecule has 2 aromatic heterocycles. The first-order chi connectivity index (χ1) is 4.97. The van der Waals surface area contributed by atoms with Crippen LogP contribution in [-0.2, 0) is 0 Å². The smallest absolute Gasteiger partial charge is 0.138 e. The summed E-state index contributed by atoms with van der Waals surface area (Å²) in [4.78, 5) is 0. The standard InChI is InChI=1S/C4H2N6/c1-3-2-6-10-8-4(3)7-9-5-1/h1-2H. The predicted octanol–water partition coefficient (Wildman–Crippen LogP) is -0.790. The molecule has 0 unspecified atom stereocenters. The van der Waals surface area contributed by atoms with E-state index in [1.54, 1.807) is 0 Å². The second kappa shape index (κ2) is 1.90. The maximum absolute atomic E-state index is 3.61. The monoisotopic (exact) mass is 134 g/mol. The minimum absolute atomic E-state index is 0.463. The fraction of sp³-hybridized carbons (Fsp3) is 0. The highest BCUT2D eigenvalue weighted by Crippen LogP contribution is 1.97. The highest BCUT2D eigenvalue weighted by molar-refractivity contribution is 5.70. The minimum Gasteiger partial charge on any atom is -0.138 e. The van der Waals surface area contributed by atoms with E-state index in [-0.39, 0.29) is 0 Å². The SMILES string of the molecule is c1nnnc2nnncc12. The van der Waals surface area contributed by atoms with Gasteiger partial charge in [0.15, 0.2) is 0 Å². The first kappa shape index (κ1) is 5.10. The van der Waals surface area contributed by atoms with Crippen LogP contribution in [0.25, 0.3) is 11.0 Å². The summed E-state index contributed by atoms with van der Waals surface area (Å²) in [7, 11) is 0. The molecule has 0 radical (unpaired) electrons. The molecule has 6 heteroatoms. The molecule has 0 spiro atoms. The zero-order valence-electron chi connectivity index (χ0n) is 4.84. The largest absolute Gasteiger partial charge is 0.210 e. The molecule has 0 N–H and O–H groups in total. The number of nitrogens with zero attached hydrogens (tertiary/aromatic N) is 6. The summed E-state index contributed by atoms with van der Waals surface area (Å²) in [6, 6.07) is 0. The fourth-order valence-corrected chi connectivity index (χ4v) is 0.597. The molecule has 48 valence electrons. The number of hydrogen-bond acceptors (Lipinski definition) is 6. The molecule has 0 saturated heterocycles. The average Bonchev–Trinajstić information content (AvgIpc) is 2.05. The van der Waals surface area contributed by atoms with Crippen molar-refractivity contribution in [3.8, 4) is 0 Å². The van der Waals surface area contributed by atoms with E-state index < -0.39 is 0 Å². The zero-order chi connectivity index (χ0) is 6.81.